The fraction of sp³-hybridized carbons (Fsp3) is 0.500. The summed E-state index contributed by atoms with van der Waals surface area (Å²) in [6.07, 6.45) is 0. The van der Waals surface area contributed by atoms with Gasteiger partial charge in [-0.2, -0.15) is 0 Å². The third-order valence-electron chi connectivity index (χ3n) is 5.38. The number of ether oxygens (including phenoxy) is 3. The number of nitrogens with one attached hydrogen (secondary N) is 1. The molecule has 0 radical (unpaired) electrons. The highest BCUT2D eigenvalue weighted by molar-refractivity contribution is 5.52. The van der Waals surface area contributed by atoms with E-state index in [-0.39, 0.29) is 11.5 Å². The van der Waals surface area contributed by atoms with Gasteiger partial charge in [0, 0.05) is 43.9 Å². The van der Waals surface area contributed by atoms with Crippen molar-refractivity contribution < 1.29 is 14.2 Å². The highest BCUT2D eigenvalue weighted by Crippen LogP contribution is 2.46. The molecule has 2 aromatic carbocycles. The van der Waals surface area contributed by atoms with E-state index in [9.17, 15) is 0 Å². The molecule has 3 rings (SSSR count). The van der Waals surface area contributed by atoms with E-state index in [1.54, 1.807) is 14.2 Å². The van der Waals surface area contributed by atoms with Crippen molar-refractivity contribution in [2.75, 3.05) is 40.4 Å². The highest BCUT2D eigenvalue weighted by atomic mass is 16.5. The Morgan fingerprint density at radius 2 is 1.55 bits per heavy atom. The zero-order valence-electron chi connectivity index (χ0n) is 18.3. The molecule has 1 atom stereocenters. The van der Waals surface area contributed by atoms with Gasteiger partial charge in [-0.3, -0.25) is 4.90 Å². The molecule has 1 N–H and O–H groups in total. The first kappa shape index (κ1) is 21.5. The average Bonchev–Trinajstić information content (AvgIpc) is 2.73. The second-order valence-corrected chi connectivity index (χ2v) is 8.57. The van der Waals surface area contributed by atoms with Crippen molar-refractivity contribution in [2.45, 2.75) is 33.4 Å². The van der Waals surface area contributed by atoms with Crippen LogP contribution in [0.15, 0.2) is 42.5 Å². The van der Waals surface area contributed by atoms with Crippen LogP contribution in [0.3, 0.4) is 0 Å². The molecule has 1 aliphatic heterocycles. The Morgan fingerprint density at radius 1 is 0.931 bits per heavy atom. The molecule has 0 spiro atoms. The summed E-state index contributed by atoms with van der Waals surface area (Å²) in [7, 11) is 3.35. The van der Waals surface area contributed by atoms with Gasteiger partial charge in [0.25, 0.3) is 0 Å². The SMILES string of the molecule is COc1cc(OCc2ccccc2)c([C@@H](N2CCNCC2)C(C)(C)C)cc1OC. The summed E-state index contributed by atoms with van der Waals surface area (Å²) in [5, 5.41) is 3.46. The molecule has 0 saturated carbocycles. The predicted octanol–water partition coefficient (Wildman–Crippen LogP) is 4.28. The lowest BCUT2D eigenvalue weighted by Gasteiger charge is -2.43. The fourth-order valence-corrected chi connectivity index (χ4v) is 4.10. The smallest absolute Gasteiger partial charge is 0.164 e. The van der Waals surface area contributed by atoms with Gasteiger partial charge >= 0.3 is 0 Å². The van der Waals surface area contributed by atoms with Gasteiger partial charge in [0.2, 0.25) is 0 Å². The molecule has 0 aromatic heterocycles. The van der Waals surface area contributed by atoms with Crippen LogP contribution in [-0.4, -0.2) is 45.3 Å². The van der Waals surface area contributed by atoms with Gasteiger partial charge < -0.3 is 19.5 Å². The van der Waals surface area contributed by atoms with E-state index in [4.69, 9.17) is 14.2 Å². The van der Waals surface area contributed by atoms with Gasteiger partial charge in [0.05, 0.1) is 14.2 Å². The number of rotatable bonds is 7. The molecular weight excluding hydrogens is 364 g/mol. The topological polar surface area (TPSA) is 43.0 Å². The molecule has 0 aliphatic carbocycles. The van der Waals surface area contributed by atoms with E-state index in [1.165, 1.54) is 0 Å². The molecule has 1 saturated heterocycles. The van der Waals surface area contributed by atoms with E-state index in [1.807, 2.05) is 24.3 Å². The molecule has 0 unspecified atom stereocenters. The summed E-state index contributed by atoms with van der Waals surface area (Å²) in [6, 6.07) is 14.5. The standard InChI is InChI=1S/C24H34N2O3/c1-24(2,3)23(26-13-11-25-12-14-26)19-15-21(27-4)22(28-5)16-20(19)29-17-18-9-7-6-8-10-18/h6-10,15-16,23,25H,11-14,17H2,1-5H3/t23-/m1/s1. The molecule has 1 fully saturated rings. The third-order valence-corrected chi connectivity index (χ3v) is 5.38. The van der Waals surface area contributed by atoms with Crippen LogP contribution in [-0.2, 0) is 6.61 Å². The van der Waals surface area contributed by atoms with Gasteiger partial charge in [0.15, 0.2) is 11.5 Å². The summed E-state index contributed by atoms with van der Waals surface area (Å²) in [5.41, 5.74) is 2.32. The predicted molar refractivity (Wildman–Crippen MR) is 117 cm³/mol. The number of benzene rings is 2. The summed E-state index contributed by atoms with van der Waals surface area (Å²) in [5.74, 6) is 2.27. The Bertz CT molecular complexity index is 781. The molecule has 1 heterocycles. The van der Waals surface area contributed by atoms with E-state index >= 15 is 0 Å². The maximum atomic E-state index is 6.35. The van der Waals surface area contributed by atoms with Crippen molar-refractivity contribution in [1.82, 2.24) is 10.2 Å². The first-order valence-electron chi connectivity index (χ1n) is 10.3. The second-order valence-electron chi connectivity index (χ2n) is 8.57. The molecule has 5 nitrogen and oxygen atoms in total. The van der Waals surface area contributed by atoms with Crippen LogP contribution in [0, 0.1) is 5.41 Å². The molecule has 158 valence electrons. The largest absolute Gasteiger partial charge is 0.493 e. The molecule has 2 aromatic rings. The van der Waals surface area contributed by atoms with E-state index in [0.29, 0.717) is 12.4 Å². The van der Waals surface area contributed by atoms with Crippen molar-refractivity contribution in [3.63, 3.8) is 0 Å². The molecular formula is C24H34N2O3. The number of hydrogen-bond donors (Lipinski definition) is 1. The molecule has 29 heavy (non-hydrogen) atoms. The van der Waals surface area contributed by atoms with Gasteiger partial charge in [-0.15, -0.1) is 0 Å². The van der Waals surface area contributed by atoms with Crippen LogP contribution in [0.25, 0.3) is 0 Å². The second kappa shape index (κ2) is 9.51. The Morgan fingerprint density at radius 3 is 2.14 bits per heavy atom. The lowest BCUT2D eigenvalue weighted by molar-refractivity contribution is 0.0829. The summed E-state index contributed by atoms with van der Waals surface area (Å²) >= 11 is 0. The lowest BCUT2D eigenvalue weighted by Crippen LogP contribution is -2.48. The van der Waals surface area contributed by atoms with Crippen LogP contribution in [0.1, 0.15) is 37.9 Å². The zero-order chi connectivity index (χ0) is 20.9. The first-order valence-corrected chi connectivity index (χ1v) is 10.3. The van der Waals surface area contributed by atoms with Gasteiger partial charge in [-0.1, -0.05) is 51.1 Å². The average molecular weight is 399 g/mol. The Balaban J connectivity index is 2.02. The number of nitrogens with zero attached hydrogens (tertiary/aromatic N) is 1. The van der Waals surface area contributed by atoms with Crippen molar-refractivity contribution in [3.05, 3.63) is 53.6 Å². The van der Waals surface area contributed by atoms with Crippen molar-refractivity contribution >= 4 is 0 Å². The van der Waals surface area contributed by atoms with Crippen molar-refractivity contribution in [3.8, 4) is 17.2 Å². The van der Waals surface area contributed by atoms with Crippen molar-refractivity contribution in [1.29, 1.82) is 0 Å². The summed E-state index contributed by atoms with van der Waals surface area (Å²) in [6.45, 7) is 11.4. The van der Waals surface area contributed by atoms with Gasteiger partial charge in [-0.25, -0.2) is 0 Å². The fourth-order valence-electron chi connectivity index (χ4n) is 4.10. The Kier molecular flexibility index (Phi) is 7.04. The van der Waals surface area contributed by atoms with Crippen LogP contribution in [0.5, 0.6) is 17.2 Å². The first-order chi connectivity index (χ1) is 13.9. The monoisotopic (exact) mass is 398 g/mol. The van der Waals surface area contributed by atoms with Gasteiger partial charge in [0.1, 0.15) is 12.4 Å². The number of hydrogen-bond acceptors (Lipinski definition) is 5. The van der Waals surface area contributed by atoms with Crippen LogP contribution >= 0.6 is 0 Å². The minimum absolute atomic E-state index is 0.0296. The van der Waals surface area contributed by atoms with E-state index < -0.39 is 0 Å². The summed E-state index contributed by atoms with van der Waals surface area (Å²) < 4.78 is 17.6. The van der Waals surface area contributed by atoms with Gasteiger partial charge in [-0.05, 0) is 17.0 Å². The Labute approximate surface area is 175 Å². The number of piperazine rings is 1. The van der Waals surface area contributed by atoms with Crippen LogP contribution < -0.4 is 19.5 Å². The Hall–Kier alpha value is -2.24. The molecule has 1 aliphatic rings. The maximum Gasteiger partial charge on any atom is 0.164 e. The van der Waals surface area contributed by atoms with E-state index in [0.717, 1.165) is 48.8 Å². The normalized spacial score (nSPS) is 16.3. The van der Waals surface area contributed by atoms with Crippen LogP contribution in [0.2, 0.25) is 0 Å². The minimum Gasteiger partial charge on any atom is -0.493 e. The minimum atomic E-state index is 0.0296. The molecule has 5 heteroatoms. The molecule has 0 amide bonds. The lowest BCUT2D eigenvalue weighted by atomic mass is 9.80. The quantitative estimate of drug-likeness (QED) is 0.754. The van der Waals surface area contributed by atoms with Crippen LogP contribution in [0.4, 0.5) is 0 Å². The number of methoxy groups -OCH3 is 2. The summed E-state index contributed by atoms with van der Waals surface area (Å²) in [4.78, 5) is 2.55. The van der Waals surface area contributed by atoms with Crippen molar-refractivity contribution in [2.24, 2.45) is 5.41 Å². The van der Waals surface area contributed by atoms with E-state index in [2.05, 4.69) is 49.2 Å². The third kappa shape index (κ3) is 5.22. The maximum absolute atomic E-state index is 6.35. The molecule has 0 bridgehead atoms. The highest BCUT2D eigenvalue weighted by Gasteiger charge is 2.35. The zero-order valence-corrected chi connectivity index (χ0v) is 18.3.